The van der Waals surface area contributed by atoms with Crippen LogP contribution in [0.1, 0.15) is 11.1 Å². The molecule has 0 saturated heterocycles. The Morgan fingerprint density at radius 1 is 1.50 bits per heavy atom. The van der Waals surface area contributed by atoms with Crippen molar-refractivity contribution in [2.75, 3.05) is 19.4 Å². The number of carboxylic acids is 1. The van der Waals surface area contributed by atoms with Crippen molar-refractivity contribution in [2.45, 2.75) is 0 Å². The Morgan fingerprint density at radius 3 is 2.71 bits per heavy atom. The first-order valence-corrected chi connectivity index (χ1v) is 7.21. The van der Waals surface area contributed by atoms with Gasteiger partial charge < -0.3 is 20.6 Å². The molecule has 8 heteroatoms. The van der Waals surface area contributed by atoms with Crippen molar-refractivity contribution in [1.29, 1.82) is 5.26 Å². The summed E-state index contributed by atoms with van der Waals surface area (Å²) in [6, 6.07) is 8.70. The van der Waals surface area contributed by atoms with Gasteiger partial charge in [0.2, 0.25) is 0 Å². The van der Waals surface area contributed by atoms with E-state index in [1.54, 1.807) is 37.5 Å². The van der Waals surface area contributed by atoms with Crippen LogP contribution in [-0.4, -0.2) is 35.9 Å². The monoisotopic (exact) mass is 342 g/mol. The van der Waals surface area contributed by atoms with E-state index in [1.165, 1.54) is 0 Å². The molecule has 0 spiro atoms. The van der Waals surface area contributed by atoms with Crippen molar-refractivity contribution in [1.82, 2.24) is 4.98 Å². The number of benzene rings is 1. The van der Waals surface area contributed by atoms with Crippen molar-refractivity contribution < 1.29 is 14.6 Å². The zero-order valence-corrected chi connectivity index (χ0v) is 13.6. The number of H-pyrrole nitrogens is 1. The molecule has 0 aliphatic carbocycles. The molecule has 0 bridgehead atoms. The highest BCUT2D eigenvalue weighted by Crippen LogP contribution is 2.31. The van der Waals surface area contributed by atoms with Crippen LogP contribution in [-0.2, 0) is 4.79 Å². The molecule has 122 valence electrons. The number of hydrogen-bond acceptors (Lipinski definition) is 6. The minimum absolute atomic E-state index is 0.178. The van der Waals surface area contributed by atoms with Crippen LogP contribution in [0.3, 0.4) is 0 Å². The molecule has 0 atom stereocenters. The van der Waals surface area contributed by atoms with Gasteiger partial charge in [0.25, 0.3) is 0 Å². The van der Waals surface area contributed by atoms with Crippen LogP contribution in [0.2, 0.25) is 0 Å². The fourth-order valence-corrected chi connectivity index (χ4v) is 2.43. The summed E-state index contributed by atoms with van der Waals surface area (Å²) >= 11 is 5.27. The molecule has 7 nitrogen and oxygen atoms in total. The molecule has 2 rings (SSSR count). The van der Waals surface area contributed by atoms with Crippen LogP contribution in [0.25, 0.3) is 11.1 Å². The average molecular weight is 342 g/mol. The van der Waals surface area contributed by atoms with Crippen molar-refractivity contribution in [3.8, 4) is 22.9 Å². The summed E-state index contributed by atoms with van der Waals surface area (Å²) in [5.41, 5.74) is 7.96. The van der Waals surface area contributed by atoms with E-state index in [9.17, 15) is 10.1 Å². The number of nitrogen functional groups attached to an aromatic ring is 1. The van der Waals surface area contributed by atoms with Gasteiger partial charge in [-0.15, -0.1) is 0 Å². The van der Waals surface area contributed by atoms with E-state index in [-0.39, 0.29) is 11.4 Å². The van der Waals surface area contributed by atoms with Crippen LogP contribution in [0, 0.1) is 16.0 Å². The van der Waals surface area contributed by atoms with E-state index < -0.39 is 12.6 Å². The molecular formula is C16H14N4O3S. The van der Waals surface area contributed by atoms with Gasteiger partial charge in [-0.05, 0) is 17.7 Å². The van der Waals surface area contributed by atoms with E-state index in [0.29, 0.717) is 27.1 Å². The molecule has 0 amide bonds. The summed E-state index contributed by atoms with van der Waals surface area (Å²) in [4.78, 5) is 17.3. The van der Waals surface area contributed by atoms with Crippen molar-refractivity contribution >= 4 is 30.2 Å². The highest BCUT2D eigenvalue weighted by Gasteiger charge is 2.15. The first kappa shape index (κ1) is 17.2. The molecule has 24 heavy (non-hydrogen) atoms. The van der Waals surface area contributed by atoms with Gasteiger partial charge in [-0.25, -0.2) is 4.79 Å². The number of aromatic nitrogens is 1. The number of aliphatic imine (C=N–C) groups is 1. The largest absolute Gasteiger partial charge is 0.482 e. The number of nitriles is 1. The van der Waals surface area contributed by atoms with E-state index in [4.69, 9.17) is 27.8 Å². The Morgan fingerprint density at radius 2 is 2.17 bits per heavy atom. The Balaban J connectivity index is 2.57. The number of rotatable bonds is 5. The summed E-state index contributed by atoms with van der Waals surface area (Å²) in [7, 11) is 1.60. The predicted molar refractivity (Wildman–Crippen MR) is 92.8 cm³/mol. The van der Waals surface area contributed by atoms with Crippen LogP contribution >= 0.6 is 12.2 Å². The van der Waals surface area contributed by atoms with Crippen LogP contribution in [0.5, 0.6) is 5.75 Å². The van der Waals surface area contributed by atoms with E-state index >= 15 is 0 Å². The lowest BCUT2D eigenvalue weighted by Gasteiger charge is -2.12. The zero-order chi connectivity index (χ0) is 17.7. The lowest BCUT2D eigenvalue weighted by atomic mass is 9.96. The Kier molecular flexibility index (Phi) is 5.29. The molecule has 0 saturated carbocycles. The molecule has 1 aromatic heterocycles. The van der Waals surface area contributed by atoms with Gasteiger partial charge in [-0.2, -0.15) is 5.26 Å². The number of carbonyl (C=O) groups is 1. The number of hydrogen-bond donors (Lipinski definition) is 3. The molecular weight excluding hydrogens is 328 g/mol. The molecule has 0 unspecified atom stereocenters. The Hall–Kier alpha value is -3.18. The second kappa shape index (κ2) is 7.39. The molecule has 0 fully saturated rings. The Labute approximate surface area is 143 Å². The number of nitrogens with zero attached hydrogens (tertiary/aromatic N) is 2. The number of nitrogens with two attached hydrogens (primary N) is 1. The quantitative estimate of drug-likeness (QED) is 0.566. The molecule has 4 N–H and O–H groups in total. The number of anilines is 1. The number of nitrogens with one attached hydrogen (secondary N) is 1. The van der Waals surface area contributed by atoms with E-state index in [2.05, 4.69) is 16.0 Å². The van der Waals surface area contributed by atoms with Gasteiger partial charge >= 0.3 is 5.97 Å². The summed E-state index contributed by atoms with van der Waals surface area (Å²) in [5.74, 6) is -0.481. The smallest absolute Gasteiger partial charge is 0.341 e. The number of pyridine rings is 1. The second-order valence-electron chi connectivity index (χ2n) is 4.74. The minimum Gasteiger partial charge on any atom is -0.482 e. The topological polar surface area (TPSA) is 124 Å². The summed E-state index contributed by atoms with van der Waals surface area (Å²) in [5, 5.41) is 18.1. The molecule has 2 aromatic rings. The molecule has 1 aromatic carbocycles. The third-order valence-corrected chi connectivity index (χ3v) is 3.48. The maximum absolute atomic E-state index is 10.5. The number of aromatic amines is 1. The van der Waals surface area contributed by atoms with E-state index in [0.717, 1.165) is 0 Å². The summed E-state index contributed by atoms with van der Waals surface area (Å²) in [6.45, 7) is -0.430. The van der Waals surface area contributed by atoms with Gasteiger partial charge in [-0.3, -0.25) is 4.99 Å². The molecule has 0 aliphatic heterocycles. The van der Waals surface area contributed by atoms with Gasteiger partial charge in [0.15, 0.2) is 6.61 Å². The van der Waals surface area contributed by atoms with Crippen molar-refractivity contribution in [2.24, 2.45) is 4.99 Å². The third-order valence-electron chi connectivity index (χ3n) is 3.16. The molecule has 0 aliphatic rings. The highest BCUT2D eigenvalue weighted by molar-refractivity contribution is 7.71. The Bertz CT molecular complexity index is 895. The highest BCUT2D eigenvalue weighted by atomic mass is 32.1. The van der Waals surface area contributed by atoms with Crippen LogP contribution in [0.15, 0.2) is 29.3 Å². The van der Waals surface area contributed by atoms with E-state index in [1.807, 2.05) is 0 Å². The second-order valence-corrected chi connectivity index (χ2v) is 5.15. The van der Waals surface area contributed by atoms with Gasteiger partial charge in [-0.1, -0.05) is 24.4 Å². The number of carboxylic acid groups (broad SMARTS) is 1. The molecule has 1 heterocycles. The van der Waals surface area contributed by atoms with Crippen molar-refractivity contribution in [3.63, 3.8) is 0 Å². The van der Waals surface area contributed by atoms with Gasteiger partial charge in [0, 0.05) is 24.4 Å². The fourth-order valence-electron chi connectivity index (χ4n) is 2.17. The van der Waals surface area contributed by atoms with Gasteiger partial charge in [0.1, 0.15) is 27.8 Å². The standard InChI is InChI=1S/C16H14N4O3S/c1-19-7-12-14(11(6-17)15(18)20-16(12)24)9-2-4-10(5-3-9)23-8-13(21)22/h2-5,7H,8H2,1H3,(H,21,22)(H3,18,20,24). The predicted octanol–water partition coefficient (Wildman–Crippen LogP) is 2.38. The van der Waals surface area contributed by atoms with Crippen LogP contribution < -0.4 is 10.5 Å². The first-order chi connectivity index (χ1) is 11.5. The fraction of sp³-hybridized carbons (Fsp3) is 0.125. The summed E-state index contributed by atoms with van der Waals surface area (Å²) in [6.07, 6.45) is 1.56. The average Bonchev–Trinajstić information content (AvgIpc) is 2.55. The number of aliphatic carboxylic acids is 1. The zero-order valence-electron chi connectivity index (χ0n) is 12.7. The van der Waals surface area contributed by atoms with Gasteiger partial charge in [0.05, 0.1) is 0 Å². The summed E-state index contributed by atoms with van der Waals surface area (Å²) < 4.78 is 5.47. The number of ether oxygens (including phenoxy) is 1. The first-order valence-electron chi connectivity index (χ1n) is 6.81. The minimum atomic E-state index is -1.06. The molecule has 0 radical (unpaired) electrons. The lowest BCUT2D eigenvalue weighted by molar-refractivity contribution is -0.139. The SMILES string of the molecule is CN=Cc1c(-c2ccc(OCC(=O)O)cc2)c(C#N)c(N)[nH]c1=S. The third kappa shape index (κ3) is 3.59. The normalized spacial score (nSPS) is 10.5. The maximum atomic E-state index is 10.5. The lowest BCUT2D eigenvalue weighted by Crippen LogP contribution is -2.09. The maximum Gasteiger partial charge on any atom is 0.341 e. The van der Waals surface area contributed by atoms with Crippen LogP contribution in [0.4, 0.5) is 5.82 Å². The van der Waals surface area contributed by atoms with Crippen molar-refractivity contribution in [3.05, 3.63) is 40.0 Å².